The highest BCUT2D eigenvalue weighted by molar-refractivity contribution is 5.15. The first-order valence-electron chi connectivity index (χ1n) is 23.8. The Hall–Kier alpha value is -0.720. The van der Waals surface area contributed by atoms with E-state index in [-0.39, 0.29) is 23.0 Å². The molecule has 0 radical (unpaired) electrons. The highest BCUT2D eigenvalue weighted by Crippen LogP contribution is 2.71. The van der Waals surface area contributed by atoms with Gasteiger partial charge in [0.15, 0.2) is 24.7 Å². The number of fused-ring (bicyclic) bond motifs is 7. The lowest BCUT2D eigenvalue weighted by Crippen LogP contribution is -2.67. The van der Waals surface area contributed by atoms with Crippen molar-refractivity contribution in [2.24, 2.45) is 52.3 Å². The van der Waals surface area contributed by atoms with Crippen molar-refractivity contribution in [1.82, 2.24) is 0 Å². The molecule has 5 aliphatic heterocycles. The van der Waals surface area contributed by atoms with Gasteiger partial charge in [-0.3, -0.25) is 0 Å². The van der Waals surface area contributed by atoms with Crippen molar-refractivity contribution in [1.29, 1.82) is 0 Å². The summed E-state index contributed by atoms with van der Waals surface area (Å²) in [5, 5.41) is 106. The maximum atomic E-state index is 11.5. The average Bonchev–Trinajstić information content (AvgIpc) is 3.72. The summed E-state index contributed by atoms with van der Waals surface area (Å²) in [7, 11) is 0. The number of hydrogen-bond acceptors (Lipinski definition) is 18. The Morgan fingerprint density at radius 1 is 0.556 bits per heavy atom. The first-order chi connectivity index (χ1) is 30.0. The largest absolute Gasteiger partial charge is 0.394 e. The molecule has 18 nitrogen and oxygen atoms in total. The molecule has 0 aromatic carbocycles. The minimum atomic E-state index is -1.89. The van der Waals surface area contributed by atoms with E-state index in [1.54, 1.807) is 0 Å². The van der Waals surface area contributed by atoms with Crippen molar-refractivity contribution in [2.45, 2.75) is 202 Å². The van der Waals surface area contributed by atoms with E-state index in [4.69, 9.17) is 37.9 Å². The first kappa shape index (κ1) is 47.4. The van der Waals surface area contributed by atoms with Crippen LogP contribution in [0.15, 0.2) is 0 Å². The molecule has 63 heavy (non-hydrogen) atoms. The molecule has 9 rings (SSSR count). The predicted octanol–water partition coefficient (Wildman–Crippen LogP) is -0.734. The van der Waals surface area contributed by atoms with E-state index in [1.807, 2.05) is 0 Å². The van der Waals surface area contributed by atoms with Gasteiger partial charge in [0.1, 0.15) is 73.2 Å². The lowest BCUT2D eigenvalue weighted by molar-refractivity contribution is -0.390. The zero-order valence-electron chi connectivity index (χ0n) is 37.0. The van der Waals surface area contributed by atoms with E-state index in [0.717, 1.165) is 58.0 Å². The van der Waals surface area contributed by atoms with Crippen molar-refractivity contribution in [3.8, 4) is 0 Å². The summed E-state index contributed by atoms with van der Waals surface area (Å²) in [4.78, 5) is 0. The third-order valence-electron chi connectivity index (χ3n) is 18.3. The van der Waals surface area contributed by atoms with Crippen LogP contribution < -0.4 is 0 Å². The minimum absolute atomic E-state index is 0.134. The Morgan fingerprint density at radius 3 is 1.84 bits per heavy atom. The Kier molecular flexibility index (Phi) is 13.5. The van der Waals surface area contributed by atoms with E-state index in [9.17, 15) is 51.1 Å². The van der Waals surface area contributed by atoms with Crippen LogP contribution in [0.3, 0.4) is 0 Å². The molecule has 0 aromatic heterocycles. The zero-order valence-corrected chi connectivity index (χ0v) is 37.0. The molecule has 4 aliphatic carbocycles. The topological polar surface area (TPSA) is 276 Å². The monoisotopic (exact) mass is 902 g/mol. The molecule has 0 bridgehead atoms. The van der Waals surface area contributed by atoms with Gasteiger partial charge in [-0.25, -0.2) is 0 Å². The van der Waals surface area contributed by atoms with E-state index in [0.29, 0.717) is 41.4 Å². The number of hydrogen-bond donors (Lipinski definition) is 10. The second-order valence-electron chi connectivity index (χ2n) is 21.5. The van der Waals surface area contributed by atoms with Crippen LogP contribution in [0.4, 0.5) is 0 Å². The smallest absolute Gasteiger partial charge is 0.187 e. The Balaban J connectivity index is 0.833. The maximum Gasteiger partial charge on any atom is 0.187 e. The lowest BCUT2D eigenvalue weighted by atomic mass is 9.44. The summed E-state index contributed by atoms with van der Waals surface area (Å²) < 4.78 is 49.0. The normalized spacial score (nSPS) is 58.2. The fourth-order valence-corrected chi connectivity index (χ4v) is 14.7. The van der Waals surface area contributed by atoms with E-state index < -0.39 is 118 Å². The van der Waals surface area contributed by atoms with Crippen LogP contribution in [-0.2, 0) is 37.9 Å². The molecule has 5 saturated heterocycles. The second-order valence-corrected chi connectivity index (χ2v) is 21.5. The van der Waals surface area contributed by atoms with Gasteiger partial charge >= 0.3 is 0 Å². The first-order valence-corrected chi connectivity index (χ1v) is 23.8. The van der Waals surface area contributed by atoms with Gasteiger partial charge in [-0.15, -0.1) is 0 Å². The van der Waals surface area contributed by atoms with Crippen LogP contribution in [0, 0.1) is 52.3 Å². The second kappa shape index (κ2) is 18.0. The van der Waals surface area contributed by atoms with E-state index >= 15 is 0 Å². The quantitative estimate of drug-likeness (QED) is 0.128. The third kappa shape index (κ3) is 7.88. The highest BCUT2D eigenvalue weighted by Gasteiger charge is 2.69. The fourth-order valence-electron chi connectivity index (χ4n) is 14.7. The van der Waals surface area contributed by atoms with Gasteiger partial charge in [0.2, 0.25) is 0 Å². The van der Waals surface area contributed by atoms with Crippen LogP contribution in [0.1, 0.15) is 91.9 Å². The molecular formula is C45H74O18. The molecular weight excluding hydrogens is 828 g/mol. The number of aliphatic hydroxyl groups excluding tert-OH is 10. The van der Waals surface area contributed by atoms with Gasteiger partial charge in [-0.05, 0) is 104 Å². The maximum absolute atomic E-state index is 11.5. The van der Waals surface area contributed by atoms with E-state index in [2.05, 4.69) is 27.7 Å². The zero-order chi connectivity index (χ0) is 44.9. The highest BCUT2D eigenvalue weighted by atomic mass is 16.8. The lowest BCUT2D eigenvalue weighted by Gasteiger charge is -2.61. The average molecular weight is 903 g/mol. The van der Waals surface area contributed by atoms with Gasteiger partial charge in [-0.1, -0.05) is 27.7 Å². The Bertz CT molecular complexity index is 1570. The van der Waals surface area contributed by atoms with Crippen molar-refractivity contribution in [2.75, 3.05) is 26.4 Å². The SMILES string of the molecule is CC1C2C(CC3C4CC[C@@H]5C[C@@H](O[C@@H]6O[C@H](CO)[C@@H](O[C@@H]7O[C@H](CO)[C@@H](O)[C@H](O)[C@H]7O[C@@H]7O[C@H](CO)[C@H](O)[C@H](O)[C@H]7O)[C@H](O)[C@H]6O)CC[C@]5(C)C4CC[C@@]32C)O[C@]12CC[C@@H](C)CO2. The van der Waals surface area contributed by atoms with Crippen LogP contribution in [-0.4, -0.2) is 188 Å². The van der Waals surface area contributed by atoms with Gasteiger partial charge in [0.25, 0.3) is 0 Å². The molecule has 18 heteroatoms. The van der Waals surface area contributed by atoms with Crippen LogP contribution >= 0.6 is 0 Å². The molecule has 0 amide bonds. The molecule has 4 saturated carbocycles. The molecule has 5 heterocycles. The molecule has 362 valence electrons. The van der Waals surface area contributed by atoms with Crippen molar-refractivity contribution in [3.05, 3.63) is 0 Å². The summed E-state index contributed by atoms with van der Waals surface area (Å²) in [6.45, 7) is 8.23. The molecule has 9 aliphatic rings. The van der Waals surface area contributed by atoms with Gasteiger partial charge in [0.05, 0.1) is 38.6 Å². The van der Waals surface area contributed by atoms with Crippen molar-refractivity contribution < 1.29 is 89.0 Å². The minimum Gasteiger partial charge on any atom is -0.394 e. The van der Waals surface area contributed by atoms with Crippen LogP contribution in [0.25, 0.3) is 0 Å². The van der Waals surface area contributed by atoms with Crippen LogP contribution in [0.2, 0.25) is 0 Å². The molecule has 27 atom stereocenters. The standard InChI is InChI=1S/C45H74O18/c1-19-7-12-45(56-18-19)20(2)30-26(63-45)14-25-23-6-5-21-13-22(8-10-43(21,3)24(23)9-11-44(25,30)4)57-40-37(55)35(53)38(29(17-48)60-40)61-42-39(34(52)32(50)28(16-47)59-42)62-41-36(54)33(51)31(49)27(15-46)58-41/h19-42,46-55H,5-18H2,1-4H3/t19-,20?,21-,22+,23?,24?,25?,26?,27-,28-,29-,30?,31+,32-,33+,34+,35-,36-,37-,38-,39-,40-,41+,42+,43+,44+,45-/m1/s1. The van der Waals surface area contributed by atoms with Gasteiger partial charge in [-0.2, -0.15) is 0 Å². The Morgan fingerprint density at radius 2 is 1.16 bits per heavy atom. The summed E-state index contributed by atoms with van der Waals surface area (Å²) in [6.07, 6.45) is -14.2. The molecule has 1 spiro atoms. The predicted molar refractivity (Wildman–Crippen MR) is 216 cm³/mol. The third-order valence-corrected chi connectivity index (χ3v) is 18.3. The Labute approximate surface area is 369 Å². The molecule has 9 fully saturated rings. The van der Waals surface area contributed by atoms with E-state index in [1.165, 1.54) is 12.8 Å². The molecule has 6 unspecified atom stereocenters. The molecule has 10 N–H and O–H groups in total. The fraction of sp³-hybridized carbons (Fsp3) is 1.00. The summed E-state index contributed by atoms with van der Waals surface area (Å²) in [5.41, 5.74) is 0.364. The van der Waals surface area contributed by atoms with Crippen molar-refractivity contribution >= 4 is 0 Å². The summed E-state index contributed by atoms with van der Waals surface area (Å²) in [6, 6.07) is 0. The number of aliphatic hydroxyl groups is 10. The van der Waals surface area contributed by atoms with Crippen LogP contribution in [0.5, 0.6) is 0 Å². The summed E-state index contributed by atoms with van der Waals surface area (Å²) >= 11 is 0. The number of ether oxygens (including phenoxy) is 8. The van der Waals surface area contributed by atoms with Gasteiger partial charge < -0.3 is 89.0 Å². The number of rotatable bonds is 9. The van der Waals surface area contributed by atoms with Crippen molar-refractivity contribution in [3.63, 3.8) is 0 Å². The molecule has 0 aromatic rings. The summed E-state index contributed by atoms with van der Waals surface area (Å²) in [5.74, 6) is 3.29. The van der Waals surface area contributed by atoms with Gasteiger partial charge in [0, 0.05) is 12.3 Å².